The second kappa shape index (κ2) is 5.17. The number of nitrogens with one attached hydrogen (secondary N) is 1. The SMILES string of the molecule is O=C(NC1Cc2ccccc2C1)c1cc(O)ccc1Cl. The molecule has 2 aromatic carbocycles. The van der Waals surface area contributed by atoms with Crippen molar-refractivity contribution in [2.75, 3.05) is 0 Å². The summed E-state index contributed by atoms with van der Waals surface area (Å²) in [6, 6.07) is 12.6. The number of amides is 1. The van der Waals surface area contributed by atoms with E-state index in [1.807, 2.05) is 12.1 Å². The summed E-state index contributed by atoms with van der Waals surface area (Å²) in [5, 5.41) is 12.8. The molecule has 0 radical (unpaired) electrons. The maximum atomic E-state index is 12.2. The van der Waals surface area contributed by atoms with Crippen molar-refractivity contribution in [3.05, 3.63) is 64.2 Å². The van der Waals surface area contributed by atoms with E-state index < -0.39 is 0 Å². The molecule has 2 aromatic rings. The van der Waals surface area contributed by atoms with E-state index >= 15 is 0 Å². The number of hydrogen-bond donors (Lipinski definition) is 2. The van der Waals surface area contributed by atoms with Crippen molar-refractivity contribution in [2.24, 2.45) is 0 Å². The van der Waals surface area contributed by atoms with Gasteiger partial charge in [-0.15, -0.1) is 0 Å². The molecular formula is C16H14ClNO2. The number of hydrogen-bond acceptors (Lipinski definition) is 2. The third-order valence-electron chi connectivity index (χ3n) is 3.58. The minimum atomic E-state index is -0.247. The molecular weight excluding hydrogens is 274 g/mol. The molecule has 1 aliphatic carbocycles. The Morgan fingerprint density at radius 3 is 2.45 bits per heavy atom. The van der Waals surface area contributed by atoms with Gasteiger partial charge in [0.15, 0.2) is 0 Å². The molecule has 1 amide bonds. The normalized spacial score (nSPS) is 14.1. The van der Waals surface area contributed by atoms with E-state index in [-0.39, 0.29) is 17.7 Å². The van der Waals surface area contributed by atoms with Crippen LogP contribution in [0.2, 0.25) is 5.02 Å². The van der Waals surface area contributed by atoms with Crippen LogP contribution in [0.5, 0.6) is 5.75 Å². The molecule has 0 fully saturated rings. The van der Waals surface area contributed by atoms with Crippen LogP contribution in [0.25, 0.3) is 0 Å². The van der Waals surface area contributed by atoms with E-state index in [9.17, 15) is 9.90 Å². The van der Waals surface area contributed by atoms with Crippen LogP contribution in [0.1, 0.15) is 21.5 Å². The van der Waals surface area contributed by atoms with Crippen molar-refractivity contribution in [2.45, 2.75) is 18.9 Å². The molecule has 0 aliphatic heterocycles. The van der Waals surface area contributed by atoms with Crippen LogP contribution in [0.4, 0.5) is 0 Å². The number of rotatable bonds is 2. The second-order valence-electron chi connectivity index (χ2n) is 5.01. The summed E-state index contributed by atoms with van der Waals surface area (Å²) >= 11 is 5.99. The highest BCUT2D eigenvalue weighted by Gasteiger charge is 2.23. The zero-order valence-electron chi connectivity index (χ0n) is 10.8. The van der Waals surface area contributed by atoms with Crippen molar-refractivity contribution in [3.8, 4) is 5.75 Å². The molecule has 3 nitrogen and oxygen atoms in total. The van der Waals surface area contributed by atoms with Crippen LogP contribution >= 0.6 is 11.6 Å². The number of carbonyl (C=O) groups is 1. The third kappa shape index (κ3) is 2.49. The zero-order chi connectivity index (χ0) is 14.1. The van der Waals surface area contributed by atoms with Gasteiger partial charge in [-0.25, -0.2) is 0 Å². The van der Waals surface area contributed by atoms with E-state index in [1.165, 1.54) is 29.3 Å². The molecule has 0 saturated heterocycles. The first kappa shape index (κ1) is 13.0. The lowest BCUT2D eigenvalue weighted by molar-refractivity contribution is 0.0938. The molecule has 0 atom stereocenters. The van der Waals surface area contributed by atoms with Gasteiger partial charge in [-0.1, -0.05) is 35.9 Å². The Hall–Kier alpha value is -2.00. The molecule has 0 aromatic heterocycles. The minimum Gasteiger partial charge on any atom is -0.508 e. The molecule has 4 heteroatoms. The Labute approximate surface area is 122 Å². The van der Waals surface area contributed by atoms with Crippen molar-refractivity contribution in [3.63, 3.8) is 0 Å². The van der Waals surface area contributed by atoms with Crippen LogP contribution in [-0.4, -0.2) is 17.1 Å². The van der Waals surface area contributed by atoms with E-state index in [1.54, 1.807) is 0 Å². The molecule has 0 unspecified atom stereocenters. The zero-order valence-corrected chi connectivity index (χ0v) is 11.5. The quantitative estimate of drug-likeness (QED) is 0.892. The lowest BCUT2D eigenvalue weighted by atomic mass is 10.1. The van der Waals surface area contributed by atoms with Crippen molar-refractivity contribution in [1.82, 2.24) is 5.32 Å². The van der Waals surface area contributed by atoms with Crippen LogP contribution < -0.4 is 5.32 Å². The van der Waals surface area contributed by atoms with Crippen LogP contribution in [0.3, 0.4) is 0 Å². The smallest absolute Gasteiger partial charge is 0.253 e. The van der Waals surface area contributed by atoms with E-state index in [0.717, 1.165) is 12.8 Å². The molecule has 20 heavy (non-hydrogen) atoms. The third-order valence-corrected chi connectivity index (χ3v) is 3.91. The number of phenols is 1. The van der Waals surface area contributed by atoms with Gasteiger partial charge in [-0.2, -0.15) is 0 Å². The lowest BCUT2D eigenvalue weighted by Gasteiger charge is -2.13. The van der Waals surface area contributed by atoms with Crippen LogP contribution in [-0.2, 0) is 12.8 Å². The van der Waals surface area contributed by atoms with Gasteiger partial charge >= 0.3 is 0 Å². The fraction of sp³-hybridized carbons (Fsp3) is 0.188. The summed E-state index contributed by atoms with van der Waals surface area (Å²) in [4.78, 5) is 12.2. The number of benzene rings is 2. The summed E-state index contributed by atoms with van der Waals surface area (Å²) < 4.78 is 0. The first-order valence-electron chi connectivity index (χ1n) is 6.49. The highest BCUT2D eigenvalue weighted by atomic mass is 35.5. The highest BCUT2D eigenvalue weighted by Crippen LogP contribution is 2.24. The second-order valence-corrected chi connectivity index (χ2v) is 5.42. The summed E-state index contributed by atoms with van der Waals surface area (Å²) in [6.45, 7) is 0. The van der Waals surface area contributed by atoms with E-state index in [4.69, 9.17) is 11.6 Å². The van der Waals surface area contributed by atoms with Gasteiger partial charge in [0.05, 0.1) is 10.6 Å². The Kier molecular flexibility index (Phi) is 3.36. The highest BCUT2D eigenvalue weighted by molar-refractivity contribution is 6.33. The first-order valence-corrected chi connectivity index (χ1v) is 6.87. The minimum absolute atomic E-state index is 0.0364. The number of fused-ring (bicyclic) bond motifs is 1. The molecule has 102 valence electrons. The predicted octanol–water partition coefficient (Wildman–Crippen LogP) is 2.94. The average Bonchev–Trinajstić information content (AvgIpc) is 2.83. The topological polar surface area (TPSA) is 49.3 Å². The summed E-state index contributed by atoms with van der Waals surface area (Å²) in [7, 11) is 0. The number of halogens is 1. The Bertz CT molecular complexity index is 644. The number of carbonyl (C=O) groups excluding carboxylic acids is 1. The molecule has 0 heterocycles. The van der Waals surface area contributed by atoms with Gasteiger partial charge in [-0.3, -0.25) is 4.79 Å². The van der Waals surface area contributed by atoms with Gasteiger partial charge in [0.1, 0.15) is 5.75 Å². The summed E-state index contributed by atoms with van der Waals surface area (Å²) in [6.07, 6.45) is 1.66. The Morgan fingerprint density at radius 1 is 1.15 bits per heavy atom. The summed E-state index contributed by atoms with van der Waals surface area (Å²) in [5.74, 6) is -0.210. The van der Waals surface area contributed by atoms with Crippen LogP contribution in [0, 0.1) is 0 Å². The maximum absolute atomic E-state index is 12.2. The largest absolute Gasteiger partial charge is 0.508 e. The number of phenolic OH excluding ortho intramolecular Hbond substituents is 1. The predicted molar refractivity (Wildman–Crippen MR) is 78.2 cm³/mol. The maximum Gasteiger partial charge on any atom is 0.253 e. The van der Waals surface area contributed by atoms with E-state index in [2.05, 4.69) is 17.4 Å². The molecule has 2 N–H and O–H groups in total. The van der Waals surface area contributed by atoms with Crippen LogP contribution in [0.15, 0.2) is 42.5 Å². The van der Waals surface area contributed by atoms with E-state index in [0.29, 0.717) is 10.6 Å². The van der Waals surface area contributed by atoms with Gasteiger partial charge in [-0.05, 0) is 42.2 Å². The Balaban J connectivity index is 1.74. The first-order chi connectivity index (χ1) is 9.63. The standard InChI is InChI=1S/C16H14ClNO2/c17-15-6-5-13(19)9-14(15)16(20)18-12-7-10-3-1-2-4-11(10)8-12/h1-6,9,12,19H,7-8H2,(H,18,20). The molecule has 0 bridgehead atoms. The lowest BCUT2D eigenvalue weighted by Crippen LogP contribution is -2.35. The van der Waals surface area contributed by atoms with Gasteiger partial charge < -0.3 is 10.4 Å². The fourth-order valence-corrected chi connectivity index (χ4v) is 2.81. The van der Waals surface area contributed by atoms with Gasteiger partial charge in [0.25, 0.3) is 5.91 Å². The Morgan fingerprint density at radius 2 is 1.80 bits per heavy atom. The molecule has 0 spiro atoms. The van der Waals surface area contributed by atoms with Crippen molar-refractivity contribution in [1.29, 1.82) is 0 Å². The van der Waals surface area contributed by atoms with Gasteiger partial charge in [0.2, 0.25) is 0 Å². The molecule has 3 rings (SSSR count). The van der Waals surface area contributed by atoms with Crippen molar-refractivity contribution < 1.29 is 9.90 Å². The number of aromatic hydroxyl groups is 1. The molecule has 1 aliphatic rings. The molecule has 0 saturated carbocycles. The average molecular weight is 288 g/mol. The van der Waals surface area contributed by atoms with Crippen molar-refractivity contribution >= 4 is 17.5 Å². The van der Waals surface area contributed by atoms with Gasteiger partial charge in [0, 0.05) is 6.04 Å². The monoisotopic (exact) mass is 287 g/mol. The fourth-order valence-electron chi connectivity index (χ4n) is 2.61. The summed E-state index contributed by atoms with van der Waals surface area (Å²) in [5.41, 5.74) is 2.86.